The zero-order valence-electron chi connectivity index (χ0n) is 28.0. The molecule has 0 saturated heterocycles. The van der Waals surface area contributed by atoms with Gasteiger partial charge in [0, 0.05) is 47.9 Å². The zero-order chi connectivity index (χ0) is 34.3. The fourth-order valence-electron chi connectivity index (χ4n) is 6.92. The topological polar surface area (TPSA) is 43.6 Å². The third kappa shape index (κ3) is 5.45. The summed E-state index contributed by atoms with van der Waals surface area (Å²) in [5.41, 5.74) is 11.0. The molecule has 0 aliphatic rings. The van der Waals surface area contributed by atoms with Gasteiger partial charge in [0.05, 0.1) is 33.6 Å². The first kappa shape index (κ1) is 30.6. The van der Waals surface area contributed by atoms with Crippen LogP contribution in [0.4, 0.5) is 0 Å². The van der Waals surface area contributed by atoms with Gasteiger partial charge in [-0.25, -0.2) is 15.0 Å². The van der Waals surface area contributed by atoms with Gasteiger partial charge >= 0.3 is 0 Å². The quantitative estimate of drug-likeness (QED) is 0.158. The number of rotatable bonds is 7. The highest BCUT2D eigenvalue weighted by Crippen LogP contribution is 2.41. The molecule has 0 saturated carbocycles. The fraction of sp³-hybridized carbons (Fsp3) is 0.0217. The third-order valence-corrected chi connectivity index (χ3v) is 10.4. The molecule has 4 nitrogen and oxygen atoms in total. The SMILES string of the molecule is C=C/C=C(\C=C/C)c1ccc2c(n1)c1cc3c(cc1n2-c1ccc(-c2nc(-c4ccccc4)cc(-c4ccccc4)n2)cc1)sc1ccccc13. The largest absolute Gasteiger partial charge is 0.308 e. The highest BCUT2D eigenvalue weighted by atomic mass is 32.1. The molecule has 51 heavy (non-hydrogen) atoms. The smallest absolute Gasteiger partial charge is 0.160 e. The summed E-state index contributed by atoms with van der Waals surface area (Å²) in [6, 6.07) is 48.8. The van der Waals surface area contributed by atoms with Crippen LogP contribution in [0.2, 0.25) is 0 Å². The molecule has 0 fully saturated rings. The van der Waals surface area contributed by atoms with E-state index in [0.717, 1.165) is 67.0 Å². The van der Waals surface area contributed by atoms with Gasteiger partial charge in [-0.2, -0.15) is 0 Å². The van der Waals surface area contributed by atoms with Crippen LogP contribution in [0.3, 0.4) is 0 Å². The van der Waals surface area contributed by atoms with Crippen molar-refractivity contribution in [2.75, 3.05) is 0 Å². The third-order valence-electron chi connectivity index (χ3n) is 9.29. The van der Waals surface area contributed by atoms with Gasteiger partial charge in [-0.3, -0.25) is 0 Å². The van der Waals surface area contributed by atoms with Gasteiger partial charge < -0.3 is 4.57 Å². The van der Waals surface area contributed by atoms with Crippen molar-refractivity contribution in [1.82, 2.24) is 19.5 Å². The van der Waals surface area contributed by atoms with Crippen molar-refractivity contribution in [2.45, 2.75) is 6.92 Å². The van der Waals surface area contributed by atoms with Crippen LogP contribution in [0.25, 0.3) is 87.3 Å². The van der Waals surface area contributed by atoms with E-state index in [4.69, 9.17) is 15.0 Å². The summed E-state index contributed by atoms with van der Waals surface area (Å²) in [6.45, 7) is 5.96. The molecule has 9 rings (SSSR count). The first-order chi connectivity index (χ1) is 25.2. The minimum Gasteiger partial charge on any atom is -0.308 e. The van der Waals surface area contributed by atoms with Gasteiger partial charge in [-0.15, -0.1) is 11.3 Å². The van der Waals surface area contributed by atoms with E-state index >= 15 is 0 Å². The summed E-state index contributed by atoms with van der Waals surface area (Å²) in [7, 11) is 0. The Kier molecular flexibility index (Phi) is 7.68. The van der Waals surface area contributed by atoms with Crippen molar-refractivity contribution in [3.63, 3.8) is 0 Å². The van der Waals surface area contributed by atoms with Crippen LogP contribution in [0.1, 0.15) is 12.6 Å². The first-order valence-electron chi connectivity index (χ1n) is 17.0. The van der Waals surface area contributed by atoms with Gasteiger partial charge in [-0.05, 0) is 73.2 Å². The number of nitrogens with zero attached hydrogens (tertiary/aromatic N) is 4. The minimum absolute atomic E-state index is 0.688. The van der Waals surface area contributed by atoms with E-state index in [0.29, 0.717) is 5.82 Å². The first-order valence-corrected chi connectivity index (χ1v) is 17.8. The molecule has 0 atom stereocenters. The second-order valence-electron chi connectivity index (χ2n) is 12.5. The molecule has 9 aromatic rings. The molecule has 0 unspecified atom stereocenters. The van der Waals surface area contributed by atoms with E-state index in [1.54, 1.807) is 0 Å². The van der Waals surface area contributed by atoms with Crippen LogP contribution < -0.4 is 0 Å². The van der Waals surface area contributed by atoms with Gasteiger partial charge in [0.25, 0.3) is 0 Å². The summed E-state index contributed by atoms with van der Waals surface area (Å²) in [5, 5.41) is 3.65. The lowest BCUT2D eigenvalue weighted by molar-refractivity contribution is 1.16. The van der Waals surface area contributed by atoms with Gasteiger partial charge in [0.2, 0.25) is 0 Å². The molecule has 0 aliphatic heterocycles. The molecule has 5 heteroatoms. The van der Waals surface area contributed by atoms with E-state index in [1.165, 1.54) is 20.2 Å². The van der Waals surface area contributed by atoms with Crippen LogP contribution in [-0.2, 0) is 0 Å². The fourth-order valence-corrected chi connectivity index (χ4v) is 8.04. The Morgan fingerprint density at radius 3 is 1.98 bits per heavy atom. The molecule has 0 spiro atoms. The van der Waals surface area contributed by atoms with Crippen molar-refractivity contribution in [2.24, 2.45) is 0 Å². The van der Waals surface area contributed by atoms with E-state index in [2.05, 4.69) is 120 Å². The Labute approximate surface area is 300 Å². The number of aromatic nitrogens is 4. The number of fused-ring (bicyclic) bond motifs is 6. The summed E-state index contributed by atoms with van der Waals surface area (Å²) in [6.07, 6.45) is 7.94. The molecular weight excluding hydrogens is 641 g/mol. The second kappa shape index (κ2) is 12.8. The maximum Gasteiger partial charge on any atom is 0.160 e. The number of hydrogen-bond acceptors (Lipinski definition) is 4. The number of allylic oxidation sites excluding steroid dienone is 5. The Morgan fingerprint density at radius 2 is 1.29 bits per heavy atom. The lowest BCUT2D eigenvalue weighted by Gasteiger charge is -2.11. The normalized spacial score (nSPS) is 12.1. The van der Waals surface area contributed by atoms with Crippen LogP contribution >= 0.6 is 11.3 Å². The average molecular weight is 673 g/mol. The van der Waals surface area contributed by atoms with E-state index in [1.807, 2.05) is 72.9 Å². The Balaban J connectivity index is 1.23. The monoisotopic (exact) mass is 672 g/mol. The van der Waals surface area contributed by atoms with Crippen LogP contribution in [0, 0.1) is 0 Å². The molecule has 0 N–H and O–H groups in total. The molecule has 242 valence electrons. The lowest BCUT2D eigenvalue weighted by Crippen LogP contribution is -1.97. The predicted octanol–water partition coefficient (Wildman–Crippen LogP) is 12.5. The Hall–Kier alpha value is -6.43. The van der Waals surface area contributed by atoms with E-state index < -0.39 is 0 Å². The Bertz CT molecular complexity index is 2750. The van der Waals surface area contributed by atoms with E-state index in [9.17, 15) is 0 Å². The van der Waals surface area contributed by atoms with Gasteiger partial charge in [0.15, 0.2) is 5.82 Å². The number of pyridine rings is 1. The van der Waals surface area contributed by atoms with Gasteiger partial charge in [0.1, 0.15) is 0 Å². The second-order valence-corrected chi connectivity index (χ2v) is 13.5. The molecule has 4 aromatic heterocycles. The van der Waals surface area contributed by atoms with Crippen molar-refractivity contribution < 1.29 is 0 Å². The maximum atomic E-state index is 5.30. The standard InChI is InChI=1S/C46H32N4S/c1-3-13-30(14-4-2)38-25-26-41-45(47-38)37-27-36-35-19-11-12-20-43(35)51-44(36)29-42(37)50(41)34-23-21-33(22-24-34)46-48-39(31-15-7-5-8-16-31)28-40(49-46)32-17-9-6-10-18-32/h3-29H,1H2,2H3/b14-4-,30-13+. The molecule has 5 aromatic carbocycles. The molecular formula is C46H32N4S. The Morgan fingerprint density at radius 1 is 0.608 bits per heavy atom. The highest BCUT2D eigenvalue weighted by molar-refractivity contribution is 7.25. The summed E-state index contributed by atoms with van der Waals surface area (Å²) in [5.74, 6) is 0.688. The molecule has 0 radical (unpaired) electrons. The maximum absolute atomic E-state index is 5.30. The molecule has 0 aliphatic carbocycles. The molecule has 0 bridgehead atoms. The van der Waals surface area contributed by atoms with Crippen molar-refractivity contribution in [3.05, 3.63) is 176 Å². The van der Waals surface area contributed by atoms with E-state index in [-0.39, 0.29) is 0 Å². The summed E-state index contributed by atoms with van der Waals surface area (Å²) >= 11 is 1.83. The van der Waals surface area contributed by atoms with Crippen molar-refractivity contribution in [3.8, 4) is 39.6 Å². The van der Waals surface area contributed by atoms with Crippen LogP contribution in [0.15, 0.2) is 170 Å². The average Bonchev–Trinajstić information content (AvgIpc) is 3.71. The molecule has 0 amide bonds. The summed E-state index contributed by atoms with van der Waals surface area (Å²) < 4.78 is 4.87. The lowest BCUT2D eigenvalue weighted by atomic mass is 10.1. The minimum atomic E-state index is 0.688. The van der Waals surface area contributed by atoms with Crippen LogP contribution in [-0.4, -0.2) is 19.5 Å². The summed E-state index contributed by atoms with van der Waals surface area (Å²) in [4.78, 5) is 15.4. The number of hydrogen-bond donors (Lipinski definition) is 0. The van der Waals surface area contributed by atoms with Crippen molar-refractivity contribution >= 4 is 59.0 Å². The predicted molar refractivity (Wildman–Crippen MR) is 216 cm³/mol. The number of thiophene rings is 1. The van der Waals surface area contributed by atoms with Crippen LogP contribution in [0.5, 0.6) is 0 Å². The number of benzene rings is 5. The van der Waals surface area contributed by atoms with Gasteiger partial charge in [-0.1, -0.05) is 110 Å². The zero-order valence-corrected chi connectivity index (χ0v) is 28.8. The molecule has 4 heterocycles. The van der Waals surface area contributed by atoms with Crippen molar-refractivity contribution in [1.29, 1.82) is 0 Å². The highest BCUT2D eigenvalue weighted by Gasteiger charge is 2.18.